The third kappa shape index (κ3) is 3.01. The Hall–Kier alpha value is 0.0200. The van der Waals surface area contributed by atoms with E-state index in [-0.39, 0.29) is 0 Å². The SMILES string of the molecule is Cc1cnc2ccccc2n1.II. The Morgan fingerprint density at radius 3 is 2.38 bits per heavy atom. The monoisotopic (exact) mass is 398 g/mol. The van der Waals surface area contributed by atoms with Crippen LogP contribution in [-0.2, 0) is 0 Å². The molecule has 1 aromatic carbocycles. The van der Waals surface area contributed by atoms with Crippen molar-refractivity contribution in [2.75, 3.05) is 0 Å². The van der Waals surface area contributed by atoms with E-state index >= 15 is 0 Å². The Labute approximate surface area is 100 Å². The van der Waals surface area contributed by atoms with Crippen LogP contribution in [0.5, 0.6) is 0 Å². The van der Waals surface area contributed by atoms with Gasteiger partial charge in [0.25, 0.3) is 0 Å². The molecule has 0 unspecified atom stereocenters. The summed E-state index contributed by atoms with van der Waals surface area (Å²) in [5.74, 6) is 0. The molecule has 2 aromatic rings. The molecule has 1 heterocycles. The summed E-state index contributed by atoms with van der Waals surface area (Å²) in [7, 11) is 0. The van der Waals surface area contributed by atoms with Crippen LogP contribution in [0, 0.1) is 6.92 Å². The van der Waals surface area contributed by atoms with Gasteiger partial charge in [-0.05, 0) is 19.1 Å². The van der Waals surface area contributed by atoms with E-state index in [9.17, 15) is 0 Å². The molecular formula is C9H8I2N2. The van der Waals surface area contributed by atoms with Gasteiger partial charge in [0.05, 0.1) is 16.7 Å². The van der Waals surface area contributed by atoms with E-state index in [0.717, 1.165) is 16.7 Å². The van der Waals surface area contributed by atoms with E-state index in [4.69, 9.17) is 0 Å². The van der Waals surface area contributed by atoms with Gasteiger partial charge < -0.3 is 0 Å². The Morgan fingerprint density at radius 2 is 1.69 bits per heavy atom. The smallest absolute Gasteiger partial charge is 0.0889 e. The van der Waals surface area contributed by atoms with E-state index in [1.807, 2.05) is 31.2 Å². The zero-order valence-electron chi connectivity index (χ0n) is 7.04. The summed E-state index contributed by atoms with van der Waals surface area (Å²) in [6.07, 6.45) is 1.78. The molecule has 0 atom stereocenters. The first kappa shape index (κ1) is 11.1. The number of para-hydroxylation sites is 2. The first-order valence-electron chi connectivity index (χ1n) is 3.69. The highest BCUT2D eigenvalue weighted by Gasteiger charge is 1.92. The first-order valence-corrected chi connectivity index (χ1v) is 9.97. The average Bonchev–Trinajstić information content (AvgIpc) is 2.21. The lowest BCUT2D eigenvalue weighted by Gasteiger charge is -1.95. The van der Waals surface area contributed by atoms with Crippen LogP contribution in [0.4, 0.5) is 0 Å². The third-order valence-corrected chi connectivity index (χ3v) is 1.57. The summed E-state index contributed by atoms with van der Waals surface area (Å²) in [5.41, 5.74) is 2.88. The molecule has 13 heavy (non-hydrogen) atoms. The van der Waals surface area contributed by atoms with Crippen molar-refractivity contribution in [1.29, 1.82) is 0 Å². The summed E-state index contributed by atoms with van der Waals surface area (Å²) in [4.78, 5) is 8.53. The standard InChI is InChI=1S/C9H8N2.I2/c1-7-6-10-8-4-2-3-5-9(8)11-7;1-2/h2-6H,1H3;. The van der Waals surface area contributed by atoms with Gasteiger partial charge in [0, 0.05) is 43.4 Å². The lowest BCUT2D eigenvalue weighted by Crippen LogP contribution is -1.85. The molecule has 0 aliphatic heterocycles. The molecular weight excluding hydrogens is 390 g/mol. The maximum atomic E-state index is 4.31. The molecule has 2 nitrogen and oxygen atoms in total. The van der Waals surface area contributed by atoms with Crippen molar-refractivity contribution in [1.82, 2.24) is 9.97 Å². The van der Waals surface area contributed by atoms with Crippen LogP contribution in [0.3, 0.4) is 0 Å². The number of halogens is 2. The molecule has 0 saturated heterocycles. The van der Waals surface area contributed by atoms with Gasteiger partial charge in [0.15, 0.2) is 0 Å². The van der Waals surface area contributed by atoms with Gasteiger partial charge >= 0.3 is 0 Å². The summed E-state index contributed by atoms with van der Waals surface area (Å²) in [5, 5.41) is 0. The molecule has 1 aromatic heterocycles. The fourth-order valence-electron chi connectivity index (χ4n) is 1.05. The zero-order chi connectivity index (χ0) is 9.68. The number of fused-ring (bicyclic) bond motifs is 1. The van der Waals surface area contributed by atoms with Crippen LogP contribution in [0.2, 0.25) is 0 Å². The second-order valence-corrected chi connectivity index (χ2v) is 2.50. The molecule has 4 heteroatoms. The molecule has 0 aliphatic rings. The highest BCUT2D eigenvalue weighted by atomic mass is 128. The predicted molar refractivity (Wildman–Crippen MR) is 72.3 cm³/mol. The summed E-state index contributed by atoms with van der Waals surface area (Å²) >= 11 is 4.24. The van der Waals surface area contributed by atoms with E-state index in [1.54, 1.807) is 6.20 Å². The highest BCUT2D eigenvalue weighted by Crippen LogP contribution is 2.06. The van der Waals surface area contributed by atoms with Gasteiger partial charge in [-0.2, -0.15) is 0 Å². The van der Waals surface area contributed by atoms with Crippen molar-refractivity contribution >= 4 is 48.3 Å². The predicted octanol–water partition coefficient (Wildman–Crippen LogP) is 3.71. The number of nitrogens with zero attached hydrogens (tertiary/aromatic N) is 2. The number of aromatic nitrogens is 2. The minimum Gasteiger partial charge on any atom is -0.253 e. The first-order chi connectivity index (χ1) is 6.36. The van der Waals surface area contributed by atoms with Gasteiger partial charge in [-0.25, -0.2) is 4.98 Å². The number of hydrogen-bond acceptors (Lipinski definition) is 2. The number of hydrogen-bond donors (Lipinski definition) is 0. The summed E-state index contributed by atoms with van der Waals surface area (Å²) in [6, 6.07) is 7.86. The van der Waals surface area contributed by atoms with Gasteiger partial charge in [-0.1, -0.05) is 12.1 Å². The lowest BCUT2D eigenvalue weighted by atomic mass is 10.3. The highest BCUT2D eigenvalue weighted by molar-refractivity contribution is 15.0. The fraction of sp³-hybridized carbons (Fsp3) is 0.111. The zero-order valence-corrected chi connectivity index (χ0v) is 11.4. The Morgan fingerprint density at radius 1 is 1.08 bits per heavy atom. The Kier molecular flexibility index (Phi) is 4.86. The molecule has 0 spiro atoms. The van der Waals surface area contributed by atoms with E-state index in [0.29, 0.717) is 0 Å². The van der Waals surface area contributed by atoms with Crippen LogP contribution in [0.15, 0.2) is 30.5 Å². The fourth-order valence-corrected chi connectivity index (χ4v) is 1.05. The average molecular weight is 398 g/mol. The second kappa shape index (κ2) is 5.69. The number of benzene rings is 1. The van der Waals surface area contributed by atoms with Crippen molar-refractivity contribution < 1.29 is 0 Å². The maximum absolute atomic E-state index is 4.31. The maximum Gasteiger partial charge on any atom is 0.0889 e. The Bertz CT molecular complexity index is 390. The Balaban J connectivity index is 0.000000396. The molecule has 0 aliphatic carbocycles. The summed E-state index contributed by atoms with van der Waals surface area (Å²) < 4.78 is 0. The summed E-state index contributed by atoms with van der Waals surface area (Å²) in [6.45, 7) is 1.94. The minimum atomic E-state index is 0.957. The molecule has 0 saturated carbocycles. The van der Waals surface area contributed by atoms with Crippen LogP contribution in [0.1, 0.15) is 5.69 Å². The molecule has 0 radical (unpaired) electrons. The molecule has 0 bridgehead atoms. The van der Waals surface area contributed by atoms with Crippen LogP contribution in [0.25, 0.3) is 11.0 Å². The van der Waals surface area contributed by atoms with E-state index < -0.39 is 0 Å². The molecule has 68 valence electrons. The van der Waals surface area contributed by atoms with Crippen molar-refractivity contribution in [2.24, 2.45) is 0 Å². The van der Waals surface area contributed by atoms with Gasteiger partial charge in [-0.3, -0.25) is 4.98 Å². The van der Waals surface area contributed by atoms with Crippen molar-refractivity contribution in [3.63, 3.8) is 0 Å². The van der Waals surface area contributed by atoms with E-state index in [2.05, 4.69) is 47.2 Å². The molecule has 0 N–H and O–H groups in total. The third-order valence-electron chi connectivity index (χ3n) is 1.57. The van der Waals surface area contributed by atoms with Crippen molar-refractivity contribution in [3.8, 4) is 0 Å². The number of rotatable bonds is 0. The minimum absolute atomic E-state index is 0.957. The normalized spacial score (nSPS) is 9.15. The van der Waals surface area contributed by atoms with E-state index in [1.165, 1.54) is 0 Å². The largest absolute Gasteiger partial charge is 0.253 e. The molecule has 2 rings (SSSR count). The molecule has 0 fully saturated rings. The van der Waals surface area contributed by atoms with Gasteiger partial charge in [0.1, 0.15) is 0 Å². The van der Waals surface area contributed by atoms with Crippen molar-refractivity contribution in [2.45, 2.75) is 6.92 Å². The quantitative estimate of drug-likeness (QED) is 0.633. The lowest BCUT2D eigenvalue weighted by molar-refractivity contribution is 1.19. The van der Waals surface area contributed by atoms with Crippen LogP contribution in [-0.4, -0.2) is 9.97 Å². The van der Waals surface area contributed by atoms with Crippen LogP contribution < -0.4 is 0 Å². The second-order valence-electron chi connectivity index (χ2n) is 2.50. The van der Waals surface area contributed by atoms with Crippen molar-refractivity contribution in [3.05, 3.63) is 36.2 Å². The molecule has 0 amide bonds. The van der Waals surface area contributed by atoms with Gasteiger partial charge in [-0.15, -0.1) is 0 Å². The van der Waals surface area contributed by atoms with Crippen LogP contribution >= 0.6 is 37.2 Å². The topological polar surface area (TPSA) is 25.8 Å². The van der Waals surface area contributed by atoms with Gasteiger partial charge in [0.2, 0.25) is 0 Å². The number of aryl methyl sites for hydroxylation is 1.